The second-order valence-electron chi connectivity index (χ2n) is 4.32. The summed E-state index contributed by atoms with van der Waals surface area (Å²) in [5.41, 5.74) is 3.73. The smallest absolute Gasteiger partial charge is 0.0784 e. The van der Waals surface area contributed by atoms with Crippen LogP contribution < -0.4 is 0 Å². The molecule has 0 heterocycles. The molecule has 2 rings (SSSR count). The highest BCUT2D eigenvalue weighted by Gasteiger charge is 2.10. The van der Waals surface area contributed by atoms with E-state index in [-0.39, 0.29) is 0 Å². The molecule has 92 valence electrons. The van der Waals surface area contributed by atoms with Gasteiger partial charge in [-0.2, -0.15) is 0 Å². The summed E-state index contributed by atoms with van der Waals surface area (Å²) in [4.78, 5) is 0. The van der Waals surface area contributed by atoms with Crippen LogP contribution in [0.4, 0.5) is 0 Å². The first kappa shape index (κ1) is 13.3. The lowest BCUT2D eigenvalue weighted by atomic mass is 10.2. The van der Waals surface area contributed by atoms with Gasteiger partial charge in [0.1, 0.15) is 0 Å². The summed E-state index contributed by atoms with van der Waals surface area (Å²) in [6.07, 6.45) is 0. The van der Waals surface area contributed by atoms with Crippen LogP contribution in [0.1, 0.15) is 28.9 Å². The molecule has 2 heteroatoms. The Balaban J connectivity index is 2.06. The Labute approximate surface area is 118 Å². The average molecular weight is 272 g/mol. The van der Waals surface area contributed by atoms with E-state index in [0.717, 1.165) is 9.76 Å². The highest BCUT2D eigenvalue weighted by Crippen LogP contribution is 2.31. The van der Waals surface area contributed by atoms with Crippen molar-refractivity contribution < 1.29 is 0 Å². The monoisotopic (exact) mass is 272 g/mol. The molecular weight excluding hydrogens is 256 g/mol. The maximum atomic E-state index is 5.50. The number of thioether (sulfide) groups is 1. The molecule has 0 saturated carbocycles. The Morgan fingerprint density at radius 1 is 1.00 bits per heavy atom. The third-order valence-corrected chi connectivity index (χ3v) is 4.44. The van der Waals surface area contributed by atoms with Crippen molar-refractivity contribution >= 4 is 28.2 Å². The lowest BCUT2D eigenvalue weighted by molar-refractivity contribution is 1.11. The van der Waals surface area contributed by atoms with Gasteiger partial charge in [-0.1, -0.05) is 72.4 Å². The molecule has 0 saturated heterocycles. The van der Waals surface area contributed by atoms with Crippen LogP contribution in [0.5, 0.6) is 0 Å². The predicted octanol–water partition coefficient (Wildman–Crippen LogP) is 5.16. The molecule has 0 radical (unpaired) electrons. The van der Waals surface area contributed by atoms with Crippen LogP contribution in [-0.4, -0.2) is 4.20 Å². The Morgan fingerprint density at radius 2 is 1.61 bits per heavy atom. The molecule has 0 aliphatic heterocycles. The van der Waals surface area contributed by atoms with Crippen LogP contribution in [0.3, 0.4) is 0 Å². The maximum Gasteiger partial charge on any atom is 0.0784 e. The van der Waals surface area contributed by atoms with Crippen molar-refractivity contribution in [2.45, 2.75) is 19.1 Å². The summed E-state index contributed by atoms with van der Waals surface area (Å²) in [6.45, 7) is 4.28. The largest absolute Gasteiger partial charge is 0.106 e. The molecule has 0 bridgehead atoms. The van der Waals surface area contributed by atoms with Crippen LogP contribution in [0, 0.1) is 6.92 Å². The van der Waals surface area contributed by atoms with E-state index >= 15 is 0 Å². The molecule has 0 aromatic heterocycles. The fraction of sp³-hybridized carbons (Fsp3) is 0.188. The Bertz CT molecular complexity index is 515. The van der Waals surface area contributed by atoms with Crippen LogP contribution in [-0.2, 0) is 0 Å². The van der Waals surface area contributed by atoms with Gasteiger partial charge in [0.25, 0.3) is 0 Å². The third kappa shape index (κ3) is 3.44. The molecule has 1 unspecified atom stereocenters. The summed E-state index contributed by atoms with van der Waals surface area (Å²) < 4.78 is 0.964. The minimum atomic E-state index is 0.389. The zero-order valence-electron chi connectivity index (χ0n) is 10.6. The molecule has 0 fully saturated rings. The Kier molecular flexibility index (Phi) is 4.56. The van der Waals surface area contributed by atoms with E-state index in [2.05, 4.69) is 62.4 Å². The first-order valence-electron chi connectivity index (χ1n) is 5.99. The van der Waals surface area contributed by atoms with Crippen molar-refractivity contribution in [3.63, 3.8) is 0 Å². The number of hydrogen-bond donors (Lipinski definition) is 0. The SMILES string of the molecule is Cc1ccc(C(=S)SC(C)c2ccccc2)cc1. The molecule has 0 spiro atoms. The van der Waals surface area contributed by atoms with Crippen LogP contribution in [0.15, 0.2) is 54.6 Å². The van der Waals surface area contributed by atoms with Gasteiger partial charge in [-0.25, -0.2) is 0 Å². The third-order valence-electron chi connectivity index (χ3n) is 2.84. The van der Waals surface area contributed by atoms with Gasteiger partial charge in [0.05, 0.1) is 4.20 Å². The van der Waals surface area contributed by atoms with Crippen LogP contribution >= 0.6 is 24.0 Å². The standard InChI is InChI=1S/C16H16S2/c1-12-8-10-15(11-9-12)16(17)18-13(2)14-6-4-3-5-7-14/h3-11,13H,1-2H3. The van der Waals surface area contributed by atoms with Crippen molar-refractivity contribution in [1.29, 1.82) is 0 Å². The zero-order chi connectivity index (χ0) is 13.0. The van der Waals surface area contributed by atoms with Crippen molar-refractivity contribution in [2.75, 3.05) is 0 Å². The number of benzene rings is 2. The summed E-state index contributed by atoms with van der Waals surface area (Å²) >= 11 is 7.25. The summed E-state index contributed by atoms with van der Waals surface area (Å²) in [6, 6.07) is 18.9. The van der Waals surface area contributed by atoms with Crippen LogP contribution in [0.2, 0.25) is 0 Å². The highest BCUT2D eigenvalue weighted by molar-refractivity contribution is 8.23. The molecule has 0 amide bonds. The first-order chi connectivity index (χ1) is 8.66. The quantitative estimate of drug-likeness (QED) is 0.707. The van der Waals surface area contributed by atoms with E-state index in [9.17, 15) is 0 Å². The van der Waals surface area contributed by atoms with E-state index < -0.39 is 0 Å². The lowest BCUT2D eigenvalue weighted by Crippen LogP contribution is -1.96. The second-order valence-corrected chi connectivity index (χ2v) is 6.34. The van der Waals surface area contributed by atoms with Gasteiger partial charge in [-0.05, 0) is 25.0 Å². The molecular formula is C16H16S2. The molecule has 0 nitrogen and oxygen atoms in total. The van der Waals surface area contributed by atoms with E-state index in [1.165, 1.54) is 11.1 Å². The fourth-order valence-corrected chi connectivity index (χ4v) is 3.17. The highest BCUT2D eigenvalue weighted by atomic mass is 32.2. The molecule has 1 atom stereocenters. The molecule has 2 aromatic rings. The molecule has 0 N–H and O–H groups in total. The maximum absolute atomic E-state index is 5.50. The van der Waals surface area contributed by atoms with E-state index in [1.807, 2.05) is 6.07 Å². The van der Waals surface area contributed by atoms with Gasteiger partial charge in [0.2, 0.25) is 0 Å². The van der Waals surface area contributed by atoms with Gasteiger partial charge in [0.15, 0.2) is 0 Å². The summed E-state index contributed by atoms with van der Waals surface area (Å²) in [5.74, 6) is 0. The number of rotatable bonds is 3. The van der Waals surface area contributed by atoms with E-state index in [4.69, 9.17) is 12.2 Å². The molecule has 18 heavy (non-hydrogen) atoms. The van der Waals surface area contributed by atoms with Gasteiger partial charge in [-0.15, -0.1) is 11.8 Å². The fourth-order valence-electron chi connectivity index (χ4n) is 1.71. The number of aryl methyl sites for hydroxylation is 1. The minimum absolute atomic E-state index is 0.389. The van der Waals surface area contributed by atoms with Crippen molar-refractivity contribution in [2.24, 2.45) is 0 Å². The van der Waals surface area contributed by atoms with E-state index in [0.29, 0.717) is 5.25 Å². The van der Waals surface area contributed by atoms with E-state index in [1.54, 1.807) is 11.8 Å². The lowest BCUT2D eigenvalue weighted by Gasteiger charge is -2.12. The minimum Gasteiger partial charge on any atom is -0.106 e. The summed E-state index contributed by atoms with van der Waals surface area (Å²) in [7, 11) is 0. The second kappa shape index (κ2) is 6.17. The Hall–Kier alpha value is -1.12. The topological polar surface area (TPSA) is 0 Å². The Morgan fingerprint density at radius 3 is 2.22 bits per heavy atom. The van der Waals surface area contributed by atoms with Gasteiger partial charge >= 0.3 is 0 Å². The van der Waals surface area contributed by atoms with Crippen molar-refractivity contribution in [3.8, 4) is 0 Å². The zero-order valence-corrected chi connectivity index (χ0v) is 12.2. The van der Waals surface area contributed by atoms with Gasteiger partial charge in [-0.3, -0.25) is 0 Å². The number of hydrogen-bond acceptors (Lipinski definition) is 2. The van der Waals surface area contributed by atoms with Crippen molar-refractivity contribution in [3.05, 3.63) is 71.3 Å². The molecule has 0 aliphatic carbocycles. The molecule has 2 aromatic carbocycles. The van der Waals surface area contributed by atoms with Gasteiger partial charge in [0, 0.05) is 5.25 Å². The predicted molar refractivity (Wildman–Crippen MR) is 85.3 cm³/mol. The molecule has 0 aliphatic rings. The first-order valence-corrected chi connectivity index (χ1v) is 7.28. The normalized spacial score (nSPS) is 12.1. The average Bonchev–Trinajstić information content (AvgIpc) is 2.40. The van der Waals surface area contributed by atoms with Gasteiger partial charge < -0.3 is 0 Å². The number of thiocarbonyl (C=S) groups is 1. The van der Waals surface area contributed by atoms with Crippen molar-refractivity contribution in [1.82, 2.24) is 0 Å². The van der Waals surface area contributed by atoms with Crippen LogP contribution in [0.25, 0.3) is 0 Å². The summed E-state index contributed by atoms with van der Waals surface area (Å²) in [5, 5.41) is 0.389.